The number of rotatable bonds is 9. The lowest BCUT2D eigenvalue weighted by Crippen LogP contribution is -2.50. The summed E-state index contributed by atoms with van der Waals surface area (Å²) in [5.41, 5.74) is 2.19. The quantitative estimate of drug-likeness (QED) is 0.652. The van der Waals surface area contributed by atoms with Gasteiger partial charge in [0.15, 0.2) is 0 Å². The Morgan fingerprint density at radius 1 is 1.17 bits per heavy atom. The van der Waals surface area contributed by atoms with E-state index in [2.05, 4.69) is 5.32 Å². The molecule has 0 heterocycles. The van der Waals surface area contributed by atoms with Crippen molar-refractivity contribution in [3.05, 3.63) is 59.1 Å². The van der Waals surface area contributed by atoms with Crippen LogP contribution in [0.5, 0.6) is 0 Å². The van der Waals surface area contributed by atoms with Crippen LogP contribution in [0.15, 0.2) is 48.5 Å². The number of halogens is 1. The van der Waals surface area contributed by atoms with E-state index in [1.54, 1.807) is 32.0 Å². The summed E-state index contributed by atoms with van der Waals surface area (Å²) in [5.74, 6) is -0.334. The lowest BCUT2D eigenvalue weighted by Gasteiger charge is -2.31. The normalized spacial score (nSPS) is 12.3. The summed E-state index contributed by atoms with van der Waals surface area (Å²) in [4.78, 5) is 14.9. The van der Waals surface area contributed by atoms with Gasteiger partial charge in [0, 0.05) is 30.8 Å². The number of hydrogen-bond acceptors (Lipinski definition) is 4. The molecule has 1 amide bonds. The van der Waals surface area contributed by atoms with E-state index in [0.29, 0.717) is 30.2 Å². The van der Waals surface area contributed by atoms with Gasteiger partial charge < -0.3 is 10.2 Å². The minimum Gasteiger partial charge on any atom is -0.373 e. The molecule has 0 spiro atoms. The number of carbonyl (C=O) groups excluding carboxylic acids is 1. The van der Waals surface area contributed by atoms with Gasteiger partial charge in [0.1, 0.15) is 6.04 Å². The molecule has 0 aliphatic heterocycles. The summed E-state index contributed by atoms with van der Waals surface area (Å²) in [6.07, 6.45) is 1.44. The predicted octanol–water partition coefficient (Wildman–Crippen LogP) is 3.45. The summed E-state index contributed by atoms with van der Waals surface area (Å²) in [7, 11) is -1.75. The fourth-order valence-electron chi connectivity index (χ4n) is 3.13. The zero-order valence-electron chi connectivity index (χ0n) is 17.2. The van der Waals surface area contributed by atoms with Crippen LogP contribution < -0.4 is 14.5 Å². The molecule has 0 aliphatic carbocycles. The van der Waals surface area contributed by atoms with Gasteiger partial charge in [-0.3, -0.25) is 9.10 Å². The Balaban J connectivity index is 2.15. The highest BCUT2D eigenvalue weighted by atomic mass is 35.5. The molecule has 6 nitrogen and oxygen atoms in total. The molecule has 158 valence electrons. The van der Waals surface area contributed by atoms with Crippen LogP contribution in [0.25, 0.3) is 0 Å². The first kappa shape index (κ1) is 23.0. The van der Waals surface area contributed by atoms with E-state index in [1.807, 2.05) is 42.3 Å². The maximum atomic E-state index is 12.9. The molecule has 0 aromatic heterocycles. The molecule has 0 aliphatic rings. The van der Waals surface area contributed by atoms with Crippen LogP contribution >= 0.6 is 11.6 Å². The molecular formula is C21H28ClN3O3S. The third-order valence-corrected chi connectivity index (χ3v) is 6.08. The van der Waals surface area contributed by atoms with Crippen LogP contribution in [0.3, 0.4) is 0 Å². The van der Waals surface area contributed by atoms with E-state index >= 15 is 0 Å². The minimum atomic E-state index is -3.69. The second-order valence-corrected chi connectivity index (χ2v) is 9.26. The third kappa shape index (κ3) is 6.11. The Labute approximate surface area is 178 Å². The number of anilines is 2. The largest absolute Gasteiger partial charge is 0.373 e. The van der Waals surface area contributed by atoms with Crippen molar-refractivity contribution in [3.8, 4) is 0 Å². The Hall–Kier alpha value is -2.25. The molecule has 0 saturated carbocycles. The van der Waals surface area contributed by atoms with Gasteiger partial charge in [-0.1, -0.05) is 42.8 Å². The number of sulfonamides is 1. The van der Waals surface area contributed by atoms with E-state index in [1.165, 1.54) is 4.31 Å². The second kappa shape index (κ2) is 9.98. The van der Waals surface area contributed by atoms with E-state index < -0.39 is 16.1 Å². The third-order valence-electron chi connectivity index (χ3n) is 4.68. The van der Waals surface area contributed by atoms with Crippen molar-refractivity contribution in [2.24, 2.45) is 0 Å². The standard InChI is InChI=1S/C21H28ClN3O3S/c1-5-19(21(26)23-13-14-24(3)18-9-7-6-8-10-18)25(29(4,27)28)20-15-17(22)12-11-16(20)2/h6-12,15,19H,5,13-14H2,1-4H3,(H,23,26). The van der Waals surface area contributed by atoms with E-state index in [4.69, 9.17) is 11.6 Å². The van der Waals surface area contributed by atoms with Gasteiger partial charge in [-0.15, -0.1) is 0 Å². The number of carbonyl (C=O) groups is 1. The first-order valence-corrected chi connectivity index (χ1v) is 11.7. The van der Waals surface area contributed by atoms with Gasteiger partial charge in [-0.05, 0) is 43.2 Å². The zero-order valence-corrected chi connectivity index (χ0v) is 18.8. The molecule has 2 rings (SSSR count). The highest BCUT2D eigenvalue weighted by Gasteiger charge is 2.32. The number of amides is 1. The topological polar surface area (TPSA) is 69.7 Å². The molecular weight excluding hydrogens is 410 g/mol. The Morgan fingerprint density at radius 3 is 2.41 bits per heavy atom. The number of para-hydroxylation sites is 1. The molecule has 1 N–H and O–H groups in total. The van der Waals surface area contributed by atoms with E-state index in [-0.39, 0.29) is 5.91 Å². The Kier molecular flexibility index (Phi) is 7.93. The van der Waals surface area contributed by atoms with E-state index in [0.717, 1.165) is 17.5 Å². The van der Waals surface area contributed by atoms with Crippen molar-refractivity contribution in [1.82, 2.24) is 5.32 Å². The second-order valence-electron chi connectivity index (χ2n) is 6.96. The average Bonchev–Trinajstić information content (AvgIpc) is 2.67. The predicted molar refractivity (Wildman–Crippen MR) is 120 cm³/mol. The number of benzene rings is 2. The van der Waals surface area contributed by atoms with Crippen molar-refractivity contribution >= 4 is 38.9 Å². The van der Waals surface area contributed by atoms with Crippen LogP contribution in [-0.4, -0.2) is 46.8 Å². The molecule has 8 heteroatoms. The number of nitrogens with one attached hydrogen (secondary N) is 1. The summed E-state index contributed by atoms with van der Waals surface area (Å²) in [6, 6.07) is 14.0. The van der Waals surface area contributed by atoms with Crippen molar-refractivity contribution in [2.75, 3.05) is 35.6 Å². The summed E-state index contributed by atoms with van der Waals surface area (Å²) in [5, 5.41) is 3.29. The minimum absolute atomic E-state index is 0.333. The van der Waals surface area contributed by atoms with Crippen molar-refractivity contribution < 1.29 is 13.2 Å². The Morgan fingerprint density at radius 2 is 1.83 bits per heavy atom. The van der Waals surface area contributed by atoms with Crippen molar-refractivity contribution in [3.63, 3.8) is 0 Å². The molecule has 0 fully saturated rings. The molecule has 0 radical (unpaired) electrons. The van der Waals surface area contributed by atoms with Gasteiger partial charge in [0.25, 0.3) is 0 Å². The summed E-state index contributed by atoms with van der Waals surface area (Å²) in [6.45, 7) is 4.58. The zero-order chi connectivity index (χ0) is 21.6. The smallest absolute Gasteiger partial charge is 0.243 e. The van der Waals surface area contributed by atoms with Crippen LogP contribution in [0.4, 0.5) is 11.4 Å². The molecule has 0 bridgehead atoms. The highest BCUT2D eigenvalue weighted by Crippen LogP contribution is 2.29. The molecule has 2 aromatic rings. The van der Waals surface area contributed by atoms with Crippen LogP contribution in [0, 0.1) is 6.92 Å². The average molecular weight is 438 g/mol. The van der Waals surface area contributed by atoms with Gasteiger partial charge in [-0.25, -0.2) is 8.42 Å². The SMILES string of the molecule is CCC(C(=O)NCCN(C)c1ccccc1)N(c1cc(Cl)ccc1C)S(C)(=O)=O. The number of likely N-dealkylation sites (N-methyl/N-ethyl adjacent to an activating group) is 1. The fourth-order valence-corrected chi connectivity index (χ4v) is 4.56. The highest BCUT2D eigenvalue weighted by molar-refractivity contribution is 7.92. The van der Waals surface area contributed by atoms with Crippen molar-refractivity contribution in [2.45, 2.75) is 26.3 Å². The fraction of sp³-hybridized carbons (Fsp3) is 0.381. The van der Waals surface area contributed by atoms with E-state index in [9.17, 15) is 13.2 Å². The Bertz CT molecular complexity index is 935. The van der Waals surface area contributed by atoms with Crippen LogP contribution in [-0.2, 0) is 14.8 Å². The molecule has 0 saturated heterocycles. The van der Waals surface area contributed by atoms with Crippen LogP contribution in [0.2, 0.25) is 5.02 Å². The lowest BCUT2D eigenvalue weighted by molar-refractivity contribution is -0.122. The molecule has 29 heavy (non-hydrogen) atoms. The van der Waals surface area contributed by atoms with Gasteiger partial charge >= 0.3 is 0 Å². The van der Waals surface area contributed by atoms with Gasteiger partial charge in [-0.2, -0.15) is 0 Å². The first-order chi connectivity index (χ1) is 13.6. The van der Waals surface area contributed by atoms with Gasteiger partial charge in [0.05, 0.1) is 11.9 Å². The maximum Gasteiger partial charge on any atom is 0.243 e. The summed E-state index contributed by atoms with van der Waals surface area (Å²) >= 11 is 6.09. The molecule has 2 aromatic carbocycles. The number of hydrogen-bond donors (Lipinski definition) is 1. The number of nitrogens with zero attached hydrogens (tertiary/aromatic N) is 2. The lowest BCUT2D eigenvalue weighted by atomic mass is 10.1. The molecule has 1 unspecified atom stereocenters. The monoisotopic (exact) mass is 437 g/mol. The van der Waals surface area contributed by atoms with Crippen LogP contribution in [0.1, 0.15) is 18.9 Å². The van der Waals surface area contributed by atoms with Gasteiger partial charge in [0.2, 0.25) is 15.9 Å². The first-order valence-electron chi connectivity index (χ1n) is 9.44. The molecule has 1 atom stereocenters. The maximum absolute atomic E-state index is 12.9. The summed E-state index contributed by atoms with van der Waals surface area (Å²) < 4.78 is 26.3. The number of aryl methyl sites for hydroxylation is 1. The van der Waals surface area contributed by atoms with Crippen molar-refractivity contribution in [1.29, 1.82) is 0 Å².